The lowest BCUT2D eigenvalue weighted by Crippen LogP contribution is -2.38. The highest BCUT2D eigenvalue weighted by atomic mass is 32.1. The maximum absolute atomic E-state index is 11.7. The molecule has 0 saturated carbocycles. The van der Waals surface area contributed by atoms with E-state index in [1.54, 1.807) is 6.07 Å². The standard InChI is InChI=1S/C22H32O4S/c1-5-6-7-8-15-13-17(20(27)19(23)18(15)21(24)25)26-22(3,4)16-11-9-14(2)10-12-16/h9,13,16,23,27H,5-8,10-12H2,1-4H3,(H,24,25). The number of benzene rings is 1. The number of hydrogen-bond donors (Lipinski definition) is 3. The van der Waals surface area contributed by atoms with Crippen LogP contribution < -0.4 is 4.74 Å². The van der Waals surface area contributed by atoms with Crippen LogP contribution in [0.15, 0.2) is 22.6 Å². The van der Waals surface area contributed by atoms with Gasteiger partial charge in [0.2, 0.25) is 0 Å². The number of hydrogen-bond acceptors (Lipinski definition) is 4. The molecule has 1 aliphatic carbocycles. The van der Waals surface area contributed by atoms with E-state index in [2.05, 4.69) is 46.4 Å². The van der Waals surface area contributed by atoms with E-state index < -0.39 is 11.6 Å². The highest BCUT2D eigenvalue weighted by Gasteiger charge is 2.33. The van der Waals surface area contributed by atoms with Gasteiger partial charge in [0, 0.05) is 5.92 Å². The molecule has 0 bridgehead atoms. The molecule has 0 radical (unpaired) electrons. The molecule has 0 saturated heterocycles. The fourth-order valence-electron chi connectivity index (χ4n) is 3.73. The Morgan fingerprint density at radius 3 is 2.63 bits per heavy atom. The topological polar surface area (TPSA) is 66.8 Å². The quantitative estimate of drug-likeness (QED) is 0.288. The van der Waals surface area contributed by atoms with Crippen LogP contribution in [0.25, 0.3) is 0 Å². The molecule has 1 unspecified atom stereocenters. The van der Waals surface area contributed by atoms with E-state index in [4.69, 9.17) is 4.74 Å². The number of rotatable bonds is 8. The van der Waals surface area contributed by atoms with Crippen LogP contribution in [0, 0.1) is 5.92 Å². The molecule has 1 aromatic carbocycles. The number of aromatic hydroxyl groups is 1. The molecule has 2 N–H and O–H groups in total. The number of thiol groups is 1. The minimum absolute atomic E-state index is 0.0579. The molecule has 27 heavy (non-hydrogen) atoms. The summed E-state index contributed by atoms with van der Waals surface area (Å²) >= 11 is 4.37. The van der Waals surface area contributed by atoms with Crippen LogP contribution in [0.5, 0.6) is 11.5 Å². The molecule has 0 amide bonds. The summed E-state index contributed by atoms with van der Waals surface area (Å²) in [4.78, 5) is 11.9. The Bertz CT molecular complexity index is 722. The average Bonchev–Trinajstić information content (AvgIpc) is 2.59. The first-order valence-electron chi connectivity index (χ1n) is 9.83. The monoisotopic (exact) mass is 392 g/mol. The minimum Gasteiger partial charge on any atom is -0.506 e. The minimum atomic E-state index is -1.13. The molecule has 0 spiro atoms. The van der Waals surface area contributed by atoms with Gasteiger partial charge in [0.25, 0.3) is 0 Å². The average molecular weight is 393 g/mol. The van der Waals surface area contributed by atoms with Gasteiger partial charge in [0.15, 0.2) is 0 Å². The van der Waals surface area contributed by atoms with Crippen molar-refractivity contribution in [3.63, 3.8) is 0 Å². The van der Waals surface area contributed by atoms with Crippen molar-refractivity contribution in [2.45, 2.75) is 83.1 Å². The second-order valence-corrected chi connectivity index (χ2v) is 8.54. The van der Waals surface area contributed by atoms with Crippen LogP contribution >= 0.6 is 12.6 Å². The predicted octanol–water partition coefficient (Wildman–Crippen LogP) is 6.02. The Kier molecular flexibility index (Phi) is 7.26. The zero-order chi connectivity index (χ0) is 20.2. The predicted molar refractivity (Wildman–Crippen MR) is 111 cm³/mol. The normalized spacial score (nSPS) is 17.5. The molecular weight excluding hydrogens is 360 g/mol. The molecule has 4 nitrogen and oxygen atoms in total. The third-order valence-corrected chi connectivity index (χ3v) is 6.01. The van der Waals surface area contributed by atoms with Gasteiger partial charge in [-0.25, -0.2) is 4.79 Å². The summed E-state index contributed by atoms with van der Waals surface area (Å²) in [5, 5.41) is 20.0. The maximum atomic E-state index is 11.7. The third kappa shape index (κ3) is 5.22. The zero-order valence-electron chi connectivity index (χ0n) is 16.8. The first-order valence-corrected chi connectivity index (χ1v) is 10.3. The van der Waals surface area contributed by atoms with Crippen LogP contribution in [-0.4, -0.2) is 21.8 Å². The van der Waals surface area contributed by atoms with Crippen LogP contribution in [0.4, 0.5) is 0 Å². The summed E-state index contributed by atoms with van der Waals surface area (Å²) in [5.41, 5.74) is 1.53. The van der Waals surface area contributed by atoms with E-state index in [0.717, 1.165) is 38.5 Å². The van der Waals surface area contributed by atoms with Crippen LogP contribution in [-0.2, 0) is 6.42 Å². The molecule has 0 fully saturated rings. The van der Waals surface area contributed by atoms with Crippen molar-refractivity contribution < 1.29 is 19.7 Å². The number of unbranched alkanes of at least 4 members (excludes halogenated alkanes) is 2. The molecule has 150 valence electrons. The molecule has 5 heteroatoms. The van der Waals surface area contributed by atoms with Crippen LogP contribution in [0.3, 0.4) is 0 Å². The summed E-state index contributed by atoms with van der Waals surface area (Å²) in [6.45, 7) is 8.36. The highest BCUT2D eigenvalue weighted by molar-refractivity contribution is 7.80. The number of phenols is 1. The highest BCUT2D eigenvalue weighted by Crippen LogP contribution is 2.42. The van der Waals surface area contributed by atoms with E-state index in [9.17, 15) is 15.0 Å². The fraction of sp³-hybridized carbons (Fsp3) is 0.591. The largest absolute Gasteiger partial charge is 0.506 e. The maximum Gasteiger partial charge on any atom is 0.339 e. The number of carbonyl (C=O) groups is 1. The Hall–Kier alpha value is -1.62. The third-order valence-electron chi connectivity index (χ3n) is 5.58. The van der Waals surface area contributed by atoms with Gasteiger partial charge in [-0.05, 0) is 64.5 Å². The Morgan fingerprint density at radius 2 is 2.07 bits per heavy atom. The molecule has 0 aliphatic heterocycles. The summed E-state index contributed by atoms with van der Waals surface area (Å²) in [7, 11) is 0. The molecule has 1 aliphatic rings. The van der Waals surface area contributed by atoms with Gasteiger partial charge >= 0.3 is 5.97 Å². The van der Waals surface area contributed by atoms with E-state index in [-0.39, 0.29) is 16.2 Å². The van der Waals surface area contributed by atoms with Gasteiger partial charge in [-0.3, -0.25) is 0 Å². The lowest BCUT2D eigenvalue weighted by molar-refractivity contribution is 0.0353. The second-order valence-electron chi connectivity index (χ2n) is 8.10. The molecule has 2 rings (SSSR count). The van der Waals surface area contributed by atoms with E-state index in [1.165, 1.54) is 5.57 Å². The Balaban J connectivity index is 2.34. The molecule has 0 aromatic heterocycles. The van der Waals surface area contributed by atoms with Gasteiger partial charge in [0.1, 0.15) is 22.7 Å². The molecule has 1 aromatic rings. The Labute approximate surface area is 168 Å². The van der Waals surface area contributed by atoms with Crippen LogP contribution in [0.1, 0.15) is 82.1 Å². The van der Waals surface area contributed by atoms with Gasteiger partial charge < -0.3 is 14.9 Å². The van der Waals surface area contributed by atoms with Crippen molar-refractivity contribution in [1.29, 1.82) is 0 Å². The van der Waals surface area contributed by atoms with Crippen LogP contribution in [0.2, 0.25) is 0 Å². The van der Waals surface area contributed by atoms with E-state index in [1.807, 2.05) is 0 Å². The Morgan fingerprint density at radius 1 is 1.37 bits per heavy atom. The zero-order valence-corrected chi connectivity index (χ0v) is 17.7. The van der Waals surface area contributed by atoms with Gasteiger partial charge in [-0.1, -0.05) is 31.4 Å². The number of carboxylic acids is 1. The second kappa shape index (κ2) is 9.05. The number of allylic oxidation sites excluding steroid dienone is 2. The number of aromatic carboxylic acids is 1. The van der Waals surface area contributed by atoms with Crippen molar-refractivity contribution in [2.75, 3.05) is 0 Å². The van der Waals surface area contributed by atoms with Crippen molar-refractivity contribution in [3.8, 4) is 11.5 Å². The van der Waals surface area contributed by atoms with Gasteiger partial charge in [0.05, 0.1) is 4.90 Å². The van der Waals surface area contributed by atoms with Crippen molar-refractivity contribution in [3.05, 3.63) is 28.8 Å². The van der Waals surface area contributed by atoms with Gasteiger partial charge in [-0.2, -0.15) is 0 Å². The summed E-state index contributed by atoms with van der Waals surface area (Å²) < 4.78 is 6.31. The number of ether oxygens (including phenoxy) is 1. The lowest BCUT2D eigenvalue weighted by Gasteiger charge is -2.37. The number of carboxylic acid groups (broad SMARTS) is 1. The SMILES string of the molecule is CCCCCc1cc(OC(C)(C)C2CC=C(C)CC2)c(S)c(O)c1C(=O)O. The smallest absolute Gasteiger partial charge is 0.339 e. The summed E-state index contributed by atoms with van der Waals surface area (Å²) in [6, 6.07) is 1.76. The first-order chi connectivity index (χ1) is 12.7. The van der Waals surface area contributed by atoms with Crippen molar-refractivity contribution in [2.24, 2.45) is 5.92 Å². The van der Waals surface area contributed by atoms with E-state index in [0.29, 0.717) is 23.7 Å². The summed E-state index contributed by atoms with van der Waals surface area (Å²) in [5.74, 6) is -0.611. The van der Waals surface area contributed by atoms with Crippen molar-refractivity contribution in [1.82, 2.24) is 0 Å². The van der Waals surface area contributed by atoms with E-state index >= 15 is 0 Å². The van der Waals surface area contributed by atoms with Crippen molar-refractivity contribution >= 4 is 18.6 Å². The first kappa shape index (κ1) is 21.7. The fourth-order valence-corrected chi connectivity index (χ4v) is 3.95. The molecule has 0 heterocycles. The molecule has 1 atom stereocenters. The van der Waals surface area contributed by atoms with Gasteiger partial charge in [-0.15, -0.1) is 12.6 Å². The number of aryl methyl sites for hydroxylation is 1. The summed E-state index contributed by atoms with van der Waals surface area (Å²) in [6.07, 6.45) is 8.88. The lowest BCUT2D eigenvalue weighted by atomic mass is 9.79. The molecular formula is C22H32O4S.